The first kappa shape index (κ1) is 18.7. The van der Waals surface area contributed by atoms with Crippen molar-refractivity contribution in [2.75, 3.05) is 0 Å². The van der Waals surface area contributed by atoms with Gasteiger partial charge in [0, 0.05) is 24.6 Å². The Hall–Kier alpha value is -3.08. The van der Waals surface area contributed by atoms with Crippen molar-refractivity contribution in [2.24, 2.45) is 0 Å². The van der Waals surface area contributed by atoms with Crippen LogP contribution in [0.25, 0.3) is 5.69 Å². The van der Waals surface area contributed by atoms with Gasteiger partial charge in [-0.05, 0) is 55.2 Å². The molecule has 140 valence electrons. The molecule has 5 heteroatoms. The van der Waals surface area contributed by atoms with Crippen molar-refractivity contribution in [1.29, 1.82) is 0 Å². The van der Waals surface area contributed by atoms with E-state index in [1.165, 1.54) is 0 Å². The predicted octanol–water partition coefficient (Wildman–Crippen LogP) is 3.96. The molecule has 1 amide bonds. The number of nitrogens with zero attached hydrogens (tertiary/aromatic N) is 2. The second kappa shape index (κ2) is 8.54. The van der Waals surface area contributed by atoms with Crippen LogP contribution >= 0.6 is 0 Å². The molecule has 0 spiro atoms. The normalized spacial score (nSPS) is 11.8. The number of hydrogen-bond acceptors (Lipinski definition) is 3. The highest BCUT2D eigenvalue weighted by Crippen LogP contribution is 2.21. The lowest BCUT2D eigenvalue weighted by Crippen LogP contribution is -2.37. The quantitative estimate of drug-likeness (QED) is 0.691. The van der Waals surface area contributed by atoms with Crippen LogP contribution in [0.1, 0.15) is 30.0 Å². The molecule has 1 N–H and O–H groups in total. The van der Waals surface area contributed by atoms with E-state index in [2.05, 4.69) is 10.3 Å². The van der Waals surface area contributed by atoms with Crippen LogP contribution < -0.4 is 10.1 Å². The highest BCUT2D eigenvalue weighted by molar-refractivity contribution is 5.81. The Balaban J connectivity index is 1.59. The molecule has 0 aliphatic rings. The molecule has 0 fully saturated rings. The Bertz CT molecular complexity index is 886. The molecule has 0 bridgehead atoms. The summed E-state index contributed by atoms with van der Waals surface area (Å²) in [7, 11) is 0. The Morgan fingerprint density at radius 2 is 1.96 bits per heavy atom. The van der Waals surface area contributed by atoms with Gasteiger partial charge in [-0.2, -0.15) is 0 Å². The molecular formula is C22H25N3O2. The van der Waals surface area contributed by atoms with E-state index in [4.69, 9.17) is 4.74 Å². The largest absolute Gasteiger partial charge is 0.480 e. The monoisotopic (exact) mass is 363 g/mol. The summed E-state index contributed by atoms with van der Waals surface area (Å²) in [6.07, 6.45) is 5.50. The van der Waals surface area contributed by atoms with Crippen LogP contribution in [0.4, 0.5) is 0 Å². The van der Waals surface area contributed by atoms with Crippen LogP contribution in [-0.4, -0.2) is 21.6 Å². The van der Waals surface area contributed by atoms with E-state index in [0.717, 1.165) is 28.1 Å². The van der Waals surface area contributed by atoms with Crippen LogP contribution in [0.15, 0.2) is 61.2 Å². The highest BCUT2D eigenvalue weighted by Gasteiger charge is 2.19. The van der Waals surface area contributed by atoms with Crippen molar-refractivity contribution in [3.63, 3.8) is 0 Å². The summed E-state index contributed by atoms with van der Waals surface area (Å²) in [5, 5.41) is 2.98. The number of imidazole rings is 1. The number of carbonyl (C=O) groups is 1. The summed E-state index contributed by atoms with van der Waals surface area (Å²) in [6, 6.07) is 14.0. The van der Waals surface area contributed by atoms with Gasteiger partial charge in [0.15, 0.2) is 6.10 Å². The first-order chi connectivity index (χ1) is 13.1. The van der Waals surface area contributed by atoms with E-state index >= 15 is 0 Å². The Labute approximate surface area is 160 Å². The predicted molar refractivity (Wildman–Crippen MR) is 106 cm³/mol. The highest BCUT2D eigenvalue weighted by atomic mass is 16.5. The molecule has 0 radical (unpaired) electrons. The van der Waals surface area contributed by atoms with Crippen molar-refractivity contribution in [3.05, 3.63) is 77.9 Å². The summed E-state index contributed by atoms with van der Waals surface area (Å²) in [4.78, 5) is 16.6. The van der Waals surface area contributed by atoms with Gasteiger partial charge in [0.05, 0.1) is 6.33 Å². The van der Waals surface area contributed by atoms with Crippen molar-refractivity contribution in [3.8, 4) is 11.4 Å². The number of rotatable bonds is 7. The summed E-state index contributed by atoms with van der Waals surface area (Å²) >= 11 is 0. The number of ether oxygens (including phenoxy) is 1. The lowest BCUT2D eigenvalue weighted by atomic mass is 10.1. The summed E-state index contributed by atoms with van der Waals surface area (Å²) in [5.41, 5.74) is 4.21. The maximum atomic E-state index is 12.6. The minimum atomic E-state index is -0.504. The zero-order chi connectivity index (χ0) is 19.2. The lowest BCUT2D eigenvalue weighted by Gasteiger charge is -2.19. The van der Waals surface area contributed by atoms with E-state index in [-0.39, 0.29) is 5.91 Å². The average molecular weight is 363 g/mol. The van der Waals surface area contributed by atoms with Gasteiger partial charge in [-0.25, -0.2) is 4.98 Å². The molecule has 1 heterocycles. The third-order valence-corrected chi connectivity index (χ3v) is 4.48. The fraction of sp³-hybridized carbons (Fsp3) is 0.273. The summed E-state index contributed by atoms with van der Waals surface area (Å²) in [5.74, 6) is 0.666. The molecule has 1 atom stereocenters. The third kappa shape index (κ3) is 4.76. The van der Waals surface area contributed by atoms with Crippen LogP contribution in [0, 0.1) is 13.8 Å². The van der Waals surface area contributed by atoms with Crippen LogP contribution in [0.2, 0.25) is 0 Å². The third-order valence-electron chi connectivity index (χ3n) is 4.48. The standard InChI is InChI=1S/C22H25N3O2/c1-4-20(27-21-13-16(2)5-6-17(21)3)22(26)24-14-18-7-9-19(10-8-18)25-12-11-23-15-25/h5-13,15,20H,4,14H2,1-3H3,(H,24,26)/t20-/m1/s1. The van der Waals surface area contributed by atoms with Gasteiger partial charge in [-0.15, -0.1) is 0 Å². The minimum absolute atomic E-state index is 0.0999. The maximum absolute atomic E-state index is 12.6. The van der Waals surface area contributed by atoms with Crippen molar-refractivity contribution in [1.82, 2.24) is 14.9 Å². The molecule has 0 saturated carbocycles. The molecule has 3 rings (SSSR count). The van der Waals surface area contributed by atoms with Gasteiger partial charge in [0.25, 0.3) is 5.91 Å². The smallest absolute Gasteiger partial charge is 0.261 e. The molecule has 0 aliphatic heterocycles. The molecule has 0 saturated heterocycles. The van der Waals surface area contributed by atoms with Gasteiger partial charge in [-0.3, -0.25) is 4.79 Å². The van der Waals surface area contributed by atoms with E-state index < -0.39 is 6.10 Å². The minimum Gasteiger partial charge on any atom is -0.480 e. The fourth-order valence-electron chi connectivity index (χ4n) is 2.81. The SMILES string of the molecule is CC[C@@H](Oc1cc(C)ccc1C)C(=O)NCc1ccc(-n2ccnc2)cc1. The zero-order valence-corrected chi connectivity index (χ0v) is 16.0. The molecule has 27 heavy (non-hydrogen) atoms. The van der Waals surface area contributed by atoms with Crippen molar-refractivity contribution < 1.29 is 9.53 Å². The molecule has 2 aromatic carbocycles. The number of hydrogen-bond donors (Lipinski definition) is 1. The Kier molecular flexibility index (Phi) is 5.91. The number of carbonyl (C=O) groups excluding carboxylic acids is 1. The number of aryl methyl sites for hydroxylation is 2. The van der Waals surface area contributed by atoms with Gasteiger partial charge in [0.1, 0.15) is 5.75 Å². The van der Waals surface area contributed by atoms with Gasteiger partial charge in [0.2, 0.25) is 0 Å². The van der Waals surface area contributed by atoms with E-state index in [1.54, 1.807) is 12.5 Å². The average Bonchev–Trinajstić information content (AvgIpc) is 3.22. The topological polar surface area (TPSA) is 56.1 Å². The molecular weight excluding hydrogens is 338 g/mol. The van der Waals surface area contributed by atoms with E-state index in [1.807, 2.05) is 74.0 Å². The van der Waals surface area contributed by atoms with Gasteiger partial charge < -0.3 is 14.6 Å². The Morgan fingerprint density at radius 1 is 1.19 bits per heavy atom. The van der Waals surface area contributed by atoms with Crippen molar-refractivity contribution >= 4 is 5.91 Å². The molecule has 0 aliphatic carbocycles. The van der Waals surface area contributed by atoms with Crippen LogP contribution in [0.5, 0.6) is 5.75 Å². The second-order valence-electron chi connectivity index (χ2n) is 6.64. The first-order valence-corrected chi connectivity index (χ1v) is 9.15. The van der Waals surface area contributed by atoms with Gasteiger partial charge >= 0.3 is 0 Å². The Morgan fingerprint density at radius 3 is 2.63 bits per heavy atom. The number of benzene rings is 2. The summed E-state index contributed by atoms with van der Waals surface area (Å²) < 4.78 is 7.91. The van der Waals surface area contributed by atoms with Gasteiger partial charge in [-0.1, -0.05) is 31.2 Å². The maximum Gasteiger partial charge on any atom is 0.261 e. The molecule has 3 aromatic rings. The fourth-order valence-corrected chi connectivity index (χ4v) is 2.81. The number of amides is 1. The first-order valence-electron chi connectivity index (χ1n) is 9.15. The van der Waals surface area contributed by atoms with Crippen molar-refractivity contribution in [2.45, 2.75) is 39.8 Å². The van der Waals surface area contributed by atoms with Crippen LogP contribution in [0.3, 0.4) is 0 Å². The molecule has 0 unspecified atom stereocenters. The van der Waals surface area contributed by atoms with E-state index in [0.29, 0.717) is 13.0 Å². The van der Waals surface area contributed by atoms with Crippen LogP contribution in [-0.2, 0) is 11.3 Å². The number of nitrogens with one attached hydrogen (secondary N) is 1. The summed E-state index contributed by atoms with van der Waals surface area (Å²) in [6.45, 7) is 6.42. The molecule has 5 nitrogen and oxygen atoms in total. The van der Waals surface area contributed by atoms with E-state index in [9.17, 15) is 4.79 Å². The number of aromatic nitrogens is 2. The second-order valence-corrected chi connectivity index (χ2v) is 6.64. The zero-order valence-electron chi connectivity index (χ0n) is 16.0. The molecule has 1 aromatic heterocycles. The lowest BCUT2D eigenvalue weighted by molar-refractivity contribution is -0.128.